The molecule has 16 heteroatoms. The Morgan fingerprint density at radius 3 is 1.44 bits per heavy atom. The summed E-state index contributed by atoms with van der Waals surface area (Å²) >= 11 is 0. The standard InChI is InChI=1S/C20H23N5O9S2/c1-14-4-6-17(10-19(14)24(27)28)35(31,32)22-8-9-23(13-21(12-22)16(3)26)36(33,34)18-7-5-15(2)20(11-18)25(29)30/h4-7,10-11H,8-9,12-13H2,1-3H3. The second-order valence-electron chi connectivity index (χ2n) is 8.11. The summed E-state index contributed by atoms with van der Waals surface area (Å²) in [6, 6.07) is 6.78. The lowest BCUT2D eigenvalue weighted by Crippen LogP contribution is -2.44. The molecule has 0 radical (unpaired) electrons. The number of carbonyl (C=O) groups is 1. The number of rotatable bonds is 6. The molecule has 1 aliphatic rings. The van der Waals surface area contributed by atoms with Crippen molar-refractivity contribution in [3.8, 4) is 0 Å². The van der Waals surface area contributed by atoms with Crippen LogP contribution in [-0.4, -0.2) is 72.5 Å². The topological polar surface area (TPSA) is 181 Å². The molecule has 0 unspecified atom stereocenters. The summed E-state index contributed by atoms with van der Waals surface area (Å²) in [4.78, 5) is 33.6. The molecule has 1 heterocycles. The maximum atomic E-state index is 13.3. The Morgan fingerprint density at radius 1 is 0.778 bits per heavy atom. The number of nitro groups is 2. The molecule has 0 aliphatic carbocycles. The van der Waals surface area contributed by atoms with Crippen molar-refractivity contribution in [3.63, 3.8) is 0 Å². The Labute approximate surface area is 207 Å². The second-order valence-corrected chi connectivity index (χ2v) is 12.0. The lowest BCUT2D eigenvalue weighted by molar-refractivity contribution is -0.385. The number of benzene rings is 2. The van der Waals surface area contributed by atoms with Crippen molar-refractivity contribution >= 4 is 37.3 Å². The number of hydrogen-bond acceptors (Lipinski definition) is 9. The van der Waals surface area contributed by atoms with Crippen LogP contribution in [0.4, 0.5) is 11.4 Å². The Bertz CT molecular complexity index is 1350. The van der Waals surface area contributed by atoms with Crippen LogP contribution >= 0.6 is 0 Å². The number of sulfonamides is 2. The third-order valence-corrected chi connectivity index (χ3v) is 9.39. The van der Waals surface area contributed by atoms with Gasteiger partial charge in [-0.2, -0.15) is 8.61 Å². The molecule has 1 amide bonds. The Morgan fingerprint density at radius 2 is 1.14 bits per heavy atom. The van der Waals surface area contributed by atoms with E-state index in [0.717, 1.165) is 32.6 Å². The first-order valence-electron chi connectivity index (χ1n) is 10.4. The van der Waals surface area contributed by atoms with E-state index in [0.29, 0.717) is 0 Å². The van der Waals surface area contributed by atoms with Crippen LogP contribution in [0.15, 0.2) is 46.2 Å². The third kappa shape index (κ3) is 5.20. The molecule has 14 nitrogen and oxygen atoms in total. The molecule has 0 saturated carbocycles. The number of nitro benzene ring substituents is 2. The highest BCUT2D eigenvalue weighted by atomic mass is 32.2. The average Bonchev–Trinajstić information content (AvgIpc) is 3.03. The highest BCUT2D eigenvalue weighted by Gasteiger charge is 2.36. The fraction of sp³-hybridized carbons (Fsp3) is 0.350. The Kier molecular flexibility index (Phi) is 7.45. The van der Waals surface area contributed by atoms with Gasteiger partial charge in [-0.15, -0.1) is 0 Å². The molecule has 3 rings (SSSR count). The maximum Gasteiger partial charge on any atom is 0.273 e. The van der Waals surface area contributed by atoms with E-state index in [1.54, 1.807) is 0 Å². The Hall–Kier alpha value is -3.47. The zero-order valence-corrected chi connectivity index (χ0v) is 21.2. The van der Waals surface area contributed by atoms with Crippen molar-refractivity contribution in [1.29, 1.82) is 0 Å². The van der Waals surface area contributed by atoms with Gasteiger partial charge >= 0.3 is 0 Å². The maximum absolute atomic E-state index is 13.3. The quantitative estimate of drug-likeness (QED) is 0.387. The summed E-state index contributed by atoms with van der Waals surface area (Å²) in [5.74, 6) is -0.623. The van der Waals surface area contributed by atoms with E-state index < -0.39 is 60.5 Å². The van der Waals surface area contributed by atoms with Crippen molar-refractivity contribution < 1.29 is 31.5 Å². The largest absolute Gasteiger partial charge is 0.315 e. The van der Waals surface area contributed by atoms with Crippen molar-refractivity contribution in [1.82, 2.24) is 13.5 Å². The average molecular weight is 542 g/mol. The summed E-state index contributed by atoms with van der Waals surface area (Å²) in [6.07, 6.45) is 0. The molecule has 0 N–H and O–H groups in total. The van der Waals surface area contributed by atoms with Gasteiger partial charge in [0.05, 0.1) is 33.0 Å². The minimum absolute atomic E-state index is 0.254. The lowest BCUT2D eigenvalue weighted by atomic mass is 10.2. The van der Waals surface area contributed by atoms with E-state index in [2.05, 4.69) is 0 Å². The van der Waals surface area contributed by atoms with E-state index >= 15 is 0 Å². The molecule has 36 heavy (non-hydrogen) atoms. The van der Waals surface area contributed by atoms with Gasteiger partial charge in [0.25, 0.3) is 11.4 Å². The predicted molar refractivity (Wildman–Crippen MR) is 126 cm³/mol. The molecule has 0 spiro atoms. The van der Waals surface area contributed by atoms with Gasteiger partial charge in [0.2, 0.25) is 26.0 Å². The number of nitrogens with zero attached hydrogens (tertiary/aromatic N) is 5. The van der Waals surface area contributed by atoms with Crippen LogP contribution < -0.4 is 0 Å². The molecule has 0 bridgehead atoms. The highest BCUT2D eigenvalue weighted by molar-refractivity contribution is 7.89. The van der Waals surface area contributed by atoms with Gasteiger partial charge in [-0.05, 0) is 26.0 Å². The minimum Gasteiger partial charge on any atom is -0.315 e. The Balaban J connectivity index is 1.99. The van der Waals surface area contributed by atoms with Crippen molar-refractivity contribution in [3.05, 3.63) is 67.8 Å². The molecule has 0 atom stereocenters. The third-order valence-electron chi connectivity index (χ3n) is 5.73. The molecule has 2 aromatic rings. The number of aryl methyl sites for hydroxylation is 2. The molecule has 2 aromatic carbocycles. The first-order chi connectivity index (χ1) is 16.7. The highest BCUT2D eigenvalue weighted by Crippen LogP contribution is 2.28. The summed E-state index contributed by atoms with van der Waals surface area (Å²) in [6.45, 7) is 2.29. The number of amides is 1. The fourth-order valence-electron chi connectivity index (χ4n) is 3.57. The molecular weight excluding hydrogens is 518 g/mol. The zero-order valence-electron chi connectivity index (χ0n) is 19.5. The van der Waals surface area contributed by atoms with Gasteiger partial charge in [0, 0.05) is 43.3 Å². The van der Waals surface area contributed by atoms with Gasteiger partial charge in [0.1, 0.15) is 0 Å². The van der Waals surface area contributed by atoms with Crippen LogP contribution in [0, 0.1) is 34.1 Å². The lowest BCUT2D eigenvalue weighted by Gasteiger charge is -2.27. The van der Waals surface area contributed by atoms with Gasteiger partial charge in [-0.3, -0.25) is 25.0 Å². The smallest absolute Gasteiger partial charge is 0.273 e. The molecule has 0 aromatic heterocycles. The van der Waals surface area contributed by atoms with Gasteiger partial charge in [-0.1, -0.05) is 12.1 Å². The molecule has 194 valence electrons. The molecule has 1 fully saturated rings. The van der Waals surface area contributed by atoms with Crippen molar-refractivity contribution in [2.45, 2.75) is 30.6 Å². The van der Waals surface area contributed by atoms with Crippen molar-refractivity contribution in [2.24, 2.45) is 0 Å². The van der Waals surface area contributed by atoms with E-state index in [9.17, 15) is 41.9 Å². The monoisotopic (exact) mass is 541 g/mol. The van der Waals surface area contributed by atoms with E-state index in [1.807, 2.05) is 0 Å². The van der Waals surface area contributed by atoms with E-state index in [4.69, 9.17) is 0 Å². The van der Waals surface area contributed by atoms with Crippen LogP contribution in [-0.2, 0) is 24.8 Å². The SMILES string of the molecule is CC(=O)N1CN(S(=O)(=O)c2ccc(C)c([N+](=O)[O-])c2)CCN(S(=O)(=O)c2ccc(C)c([N+](=O)[O-])c2)C1. The van der Waals surface area contributed by atoms with Crippen LogP contribution in [0.5, 0.6) is 0 Å². The van der Waals surface area contributed by atoms with Crippen molar-refractivity contribution in [2.75, 3.05) is 26.4 Å². The fourth-order valence-corrected chi connectivity index (χ4v) is 6.40. The van der Waals surface area contributed by atoms with Crippen LogP contribution in [0.1, 0.15) is 18.1 Å². The first-order valence-corrected chi connectivity index (χ1v) is 13.3. The minimum atomic E-state index is -4.36. The zero-order chi connectivity index (χ0) is 27.0. The first kappa shape index (κ1) is 27.1. The summed E-state index contributed by atoms with van der Waals surface area (Å²) in [5.41, 5.74) is -0.298. The van der Waals surface area contributed by atoms with Gasteiger partial charge in [-0.25, -0.2) is 16.8 Å². The predicted octanol–water partition coefficient (Wildman–Crippen LogP) is 1.58. The van der Waals surface area contributed by atoms with E-state index in [-0.39, 0.29) is 34.0 Å². The second kappa shape index (κ2) is 9.88. The summed E-state index contributed by atoms with van der Waals surface area (Å²) < 4.78 is 54.9. The molecule has 1 saturated heterocycles. The molecular formula is C20H23N5O9S2. The normalized spacial score (nSPS) is 15.9. The van der Waals surface area contributed by atoms with E-state index in [1.165, 1.54) is 38.1 Å². The van der Waals surface area contributed by atoms with Crippen LogP contribution in [0.25, 0.3) is 0 Å². The number of carbonyl (C=O) groups excluding carboxylic acids is 1. The summed E-state index contributed by atoms with van der Waals surface area (Å²) in [5, 5.41) is 22.6. The molecule has 1 aliphatic heterocycles. The van der Waals surface area contributed by atoms with Gasteiger partial charge in [0.15, 0.2) is 0 Å². The number of hydrogen-bond donors (Lipinski definition) is 0. The van der Waals surface area contributed by atoms with Crippen LogP contribution in [0.3, 0.4) is 0 Å². The van der Waals surface area contributed by atoms with Gasteiger partial charge < -0.3 is 4.90 Å². The van der Waals surface area contributed by atoms with Crippen LogP contribution in [0.2, 0.25) is 0 Å². The summed E-state index contributed by atoms with van der Waals surface area (Å²) in [7, 11) is -8.72.